The van der Waals surface area contributed by atoms with Gasteiger partial charge >= 0.3 is 0 Å². The normalized spacial score (nSPS) is 10.6. The number of hydrogen-bond donors (Lipinski definition) is 1. The fourth-order valence-electron chi connectivity index (χ4n) is 1.81. The summed E-state index contributed by atoms with van der Waals surface area (Å²) in [7, 11) is 1.86. The van der Waals surface area contributed by atoms with Crippen molar-refractivity contribution in [3.05, 3.63) is 40.7 Å². The van der Waals surface area contributed by atoms with Crippen LogP contribution in [0.2, 0.25) is 5.02 Å². The van der Waals surface area contributed by atoms with Crippen molar-refractivity contribution >= 4 is 35.0 Å². The van der Waals surface area contributed by atoms with Crippen molar-refractivity contribution in [2.24, 2.45) is 7.05 Å². The van der Waals surface area contributed by atoms with Gasteiger partial charge in [0.15, 0.2) is 0 Å². The number of carbonyl (C=O) groups is 1. The van der Waals surface area contributed by atoms with E-state index in [4.69, 9.17) is 11.6 Å². The number of thioether (sulfide) groups is 1. The number of anilines is 1. The molecule has 4 nitrogen and oxygen atoms in total. The van der Waals surface area contributed by atoms with Crippen molar-refractivity contribution in [2.75, 3.05) is 11.1 Å². The van der Waals surface area contributed by atoms with Crippen LogP contribution in [0.3, 0.4) is 0 Å². The van der Waals surface area contributed by atoms with Gasteiger partial charge < -0.3 is 5.32 Å². The predicted molar refractivity (Wildman–Crippen MR) is 83.5 cm³/mol. The van der Waals surface area contributed by atoms with Crippen molar-refractivity contribution in [1.29, 1.82) is 0 Å². The summed E-state index contributed by atoms with van der Waals surface area (Å²) >= 11 is 7.30. The molecule has 0 aliphatic carbocycles. The van der Waals surface area contributed by atoms with Crippen LogP contribution in [0.4, 0.5) is 5.69 Å². The second kappa shape index (κ2) is 6.33. The van der Waals surface area contributed by atoms with Crippen LogP contribution in [0.1, 0.15) is 11.4 Å². The minimum Gasteiger partial charge on any atom is -0.322 e. The summed E-state index contributed by atoms with van der Waals surface area (Å²) in [6, 6.07) is 7.44. The minimum atomic E-state index is -0.0378. The van der Waals surface area contributed by atoms with Crippen molar-refractivity contribution in [2.45, 2.75) is 18.7 Å². The summed E-state index contributed by atoms with van der Waals surface area (Å²) in [5.41, 5.74) is 2.58. The first-order valence-corrected chi connectivity index (χ1v) is 7.52. The van der Waals surface area contributed by atoms with E-state index < -0.39 is 0 Å². The smallest absolute Gasteiger partial charge is 0.234 e. The Balaban J connectivity index is 1.94. The van der Waals surface area contributed by atoms with Crippen LogP contribution in [0.15, 0.2) is 29.2 Å². The third kappa shape index (κ3) is 3.55. The zero-order valence-electron chi connectivity index (χ0n) is 11.6. The second-order valence-corrected chi connectivity index (χ2v) is 5.95. The Bertz CT molecular complexity index is 622. The van der Waals surface area contributed by atoms with Gasteiger partial charge in [0.05, 0.1) is 22.8 Å². The lowest BCUT2D eigenvalue weighted by atomic mass is 10.3. The number of carbonyl (C=O) groups excluding carboxylic acids is 1. The molecule has 0 aliphatic heterocycles. The number of aromatic nitrogens is 2. The number of benzene rings is 1. The summed E-state index contributed by atoms with van der Waals surface area (Å²) in [6.45, 7) is 3.82. The third-order valence-electron chi connectivity index (χ3n) is 2.96. The highest BCUT2D eigenvalue weighted by molar-refractivity contribution is 8.00. The summed E-state index contributed by atoms with van der Waals surface area (Å²) in [5, 5.41) is 7.88. The van der Waals surface area contributed by atoms with Crippen LogP contribution in [-0.2, 0) is 11.8 Å². The maximum absolute atomic E-state index is 12.0. The van der Waals surface area contributed by atoms with Crippen LogP contribution in [0, 0.1) is 13.8 Å². The Morgan fingerprint density at radius 2 is 2.00 bits per heavy atom. The maximum atomic E-state index is 12.0. The number of nitrogens with zero attached hydrogens (tertiary/aromatic N) is 2. The molecule has 0 unspecified atom stereocenters. The van der Waals surface area contributed by atoms with Gasteiger partial charge in [-0.1, -0.05) is 11.6 Å². The van der Waals surface area contributed by atoms with E-state index in [1.165, 1.54) is 11.8 Å². The zero-order valence-corrected chi connectivity index (χ0v) is 13.2. The van der Waals surface area contributed by atoms with Gasteiger partial charge in [0.2, 0.25) is 5.91 Å². The minimum absolute atomic E-state index is 0.0378. The molecule has 0 fully saturated rings. The average Bonchev–Trinajstić information content (AvgIpc) is 2.65. The average molecular weight is 310 g/mol. The number of rotatable bonds is 4. The quantitative estimate of drug-likeness (QED) is 0.880. The lowest BCUT2D eigenvalue weighted by Crippen LogP contribution is -2.15. The van der Waals surface area contributed by atoms with Gasteiger partial charge in [-0.15, -0.1) is 11.8 Å². The Labute approximate surface area is 127 Å². The molecule has 0 atom stereocenters. The molecule has 6 heteroatoms. The molecular formula is C14H16ClN3OS. The Hall–Kier alpha value is -1.46. The highest BCUT2D eigenvalue weighted by Crippen LogP contribution is 2.22. The molecule has 1 aromatic carbocycles. The highest BCUT2D eigenvalue weighted by atomic mass is 35.5. The van der Waals surface area contributed by atoms with E-state index in [1.807, 2.05) is 45.2 Å². The first-order valence-electron chi connectivity index (χ1n) is 6.16. The van der Waals surface area contributed by atoms with Crippen molar-refractivity contribution in [1.82, 2.24) is 9.78 Å². The van der Waals surface area contributed by atoms with Crippen LogP contribution in [0.5, 0.6) is 0 Å². The van der Waals surface area contributed by atoms with Gasteiger partial charge in [-0.3, -0.25) is 9.48 Å². The maximum Gasteiger partial charge on any atom is 0.234 e. The Kier molecular flexibility index (Phi) is 4.73. The fraction of sp³-hybridized carbons (Fsp3) is 0.286. The van der Waals surface area contributed by atoms with E-state index in [0.717, 1.165) is 22.0 Å². The van der Waals surface area contributed by atoms with Crippen LogP contribution >= 0.6 is 23.4 Å². The molecule has 0 aliphatic rings. The second-order valence-electron chi connectivity index (χ2n) is 4.46. The lowest BCUT2D eigenvalue weighted by molar-refractivity contribution is -0.113. The van der Waals surface area contributed by atoms with E-state index in [0.29, 0.717) is 10.8 Å². The van der Waals surface area contributed by atoms with Crippen LogP contribution in [-0.4, -0.2) is 21.4 Å². The number of aryl methyl sites for hydroxylation is 2. The SMILES string of the molecule is Cc1nn(C)c(C)c1NC(=O)CSc1ccc(Cl)cc1. The number of halogens is 1. The molecule has 0 spiro atoms. The Morgan fingerprint density at radius 3 is 2.55 bits per heavy atom. The first-order chi connectivity index (χ1) is 9.47. The largest absolute Gasteiger partial charge is 0.322 e. The van der Waals surface area contributed by atoms with E-state index in [-0.39, 0.29) is 5.91 Å². The number of amides is 1. The van der Waals surface area contributed by atoms with E-state index in [2.05, 4.69) is 10.4 Å². The van der Waals surface area contributed by atoms with Crippen molar-refractivity contribution in [3.8, 4) is 0 Å². The molecule has 2 rings (SSSR count). The standard InChI is InChI=1S/C14H16ClN3OS/c1-9-14(10(2)18(3)17-9)16-13(19)8-20-12-6-4-11(15)5-7-12/h4-7H,8H2,1-3H3,(H,16,19). The zero-order chi connectivity index (χ0) is 14.7. The van der Waals surface area contributed by atoms with Gasteiger partial charge in [0.25, 0.3) is 0 Å². The van der Waals surface area contributed by atoms with Gasteiger partial charge in [-0.2, -0.15) is 5.10 Å². The number of hydrogen-bond acceptors (Lipinski definition) is 3. The van der Waals surface area contributed by atoms with Crippen LogP contribution < -0.4 is 5.32 Å². The van der Waals surface area contributed by atoms with Gasteiger partial charge in [0.1, 0.15) is 0 Å². The van der Waals surface area contributed by atoms with E-state index in [1.54, 1.807) is 4.68 Å². The molecule has 1 heterocycles. The van der Waals surface area contributed by atoms with Crippen molar-refractivity contribution < 1.29 is 4.79 Å². The highest BCUT2D eigenvalue weighted by Gasteiger charge is 2.12. The summed E-state index contributed by atoms with van der Waals surface area (Å²) in [5.74, 6) is 0.319. The van der Waals surface area contributed by atoms with E-state index >= 15 is 0 Å². The molecule has 2 aromatic rings. The summed E-state index contributed by atoms with van der Waals surface area (Å²) in [6.07, 6.45) is 0. The molecule has 0 bridgehead atoms. The topological polar surface area (TPSA) is 46.9 Å². The molecule has 1 amide bonds. The summed E-state index contributed by atoms with van der Waals surface area (Å²) in [4.78, 5) is 13.0. The molecular weight excluding hydrogens is 294 g/mol. The lowest BCUT2D eigenvalue weighted by Gasteiger charge is -2.05. The van der Waals surface area contributed by atoms with Gasteiger partial charge in [-0.25, -0.2) is 0 Å². The number of nitrogens with one attached hydrogen (secondary N) is 1. The van der Waals surface area contributed by atoms with Gasteiger partial charge in [0, 0.05) is 17.0 Å². The van der Waals surface area contributed by atoms with E-state index in [9.17, 15) is 4.79 Å². The molecule has 1 aromatic heterocycles. The molecule has 0 saturated heterocycles. The Morgan fingerprint density at radius 1 is 1.35 bits per heavy atom. The first kappa shape index (κ1) is 14.9. The van der Waals surface area contributed by atoms with Gasteiger partial charge in [-0.05, 0) is 38.1 Å². The monoisotopic (exact) mass is 309 g/mol. The predicted octanol–water partition coefficient (Wildman–Crippen LogP) is 3.42. The molecule has 106 valence electrons. The molecule has 0 saturated carbocycles. The molecule has 1 N–H and O–H groups in total. The third-order valence-corrected chi connectivity index (χ3v) is 4.22. The summed E-state index contributed by atoms with van der Waals surface area (Å²) < 4.78 is 1.76. The fourth-order valence-corrected chi connectivity index (χ4v) is 2.63. The molecule has 20 heavy (non-hydrogen) atoms. The van der Waals surface area contributed by atoms with Crippen molar-refractivity contribution in [3.63, 3.8) is 0 Å². The van der Waals surface area contributed by atoms with Crippen LogP contribution in [0.25, 0.3) is 0 Å². The molecule has 0 radical (unpaired) electrons.